The van der Waals surface area contributed by atoms with Gasteiger partial charge in [-0.2, -0.15) is 13.2 Å². The number of carbonyl (C=O) groups is 2. The molecule has 0 heterocycles. The van der Waals surface area contributed by atoms with Crippen LogP contribution in [-0.4, -0.2) is 44.3 Å². The molecular formula is C29H32F3N3O4S. The Bertz CT molecular complexity index is 1400. The third-order valence-electron chi connectivity index (χ3n) is 6.12. The molecule has 40 heavy (non-hydrogen) atoms. The number of amides is 2. The summed E-state index contributed by atoms with van der Waals surface area (Å²) in [6, 6.07) is 18.8. The largest absolute Gasteiger partial charge is 0.416 e. The van der Waals surface area contributed by atoms with Crippen molar-refractivity contribution in [3.63, 3.8) is 0 Å². The maximum absolute atomic E-state index is 13.8. The minimum atomic E-state index is -4.73. The number of anilines is 1. The summed E-state index contributed by atoms with van der Waals surface area (Å²) in [4.78, 5) is 27.8. The van der Waals surface area contributed by atoms with E-state index < -0.39 is 46.2 Å². The number of carbonyl (C=O) groups excluding carboxylic acids is 2. The Balaban J connectivity index is 2.05. The van der Waals surface area contributed by atoms with Gasteiger partial charge in [0, 0.05) is 13.1 Å². The molecule has 0 saturated carbocycles. The lowest BCUT2D eigenvalue weighted by Gasteiger charge is -2.32. The number of nitrogens with zero attached hydrogens (tertiary/aromatic N) is 2. The highest BCUT2D eigenvalue weighted by molar-refractivity contribution is 7.92. The zero-order chi connectivity index (χ0) is 29.5. The zero-order valence-electron chi connectivity index (χ0n) is 22.4. The summed E-state index contributed by atoms with van der Waals surface area (Å²) < 4.78 is 68.6. The molecule has 3 aromatic rings. The van der Waals surface area contributed by atoms with Gasteiger partial charge in [0.15, 0.2) is 0 Å². The molecule has 214 valence electrons. The second-order valence-electron chi connectivity index (χ2n) is 9.70. The van der Waals surface area contributed by atoms with E-state index in [1.807, 2.05) is 13.8 Å². The summed E-state index contributed by atoms with van der Waals surface area (Å²) in [7, 11) is -4.47. The van der Waals surface area contributed by atoms with Crippen LogP contribution in [0.5, 0.6) is 0 Å². The van der Waals surface area contributed by atoms with Gasteiger partial charge < -0.3 is 10.2 Å². The molecule has 7 nitrogen and oxygen atoms in total. The minimum absolute atomic E-state index is 0.0161. The number of hydrogen-bond donors (Lipinski definition) is 1. The molecule has 0 aromatic heterocycles. The zero-order valence-corrected chi connectivity index (χ0v) is 23.2. The highest BCUT2D eigenvalue weighted by Crippen LogP contribution is 2.33. The fourth-order valence-corrected chi connectivity index (χ4v) is 5.33. The van der Waals surface area contributed by atoms with E-state index in [2.05, 4.69) is 5.32 Å². The summed E-state index contributed by atoms with van der Waals surface area (Å²) >= 11 is 0. The normalized spacial score (nSPS) is 12.6. The number of halogens is 3. The summed E-state index contributed by atoms with van der Waals surface area (Å²) in [6.07, 6.45) is -4.73. The molecule has 3 rings (SSSR count). The molecule has 0 unspecified atom stereocenters. The van der Waals surface area contributed by atoms with Gasteiger partial charge in [0.2, 0.25) is 11.8 Å². The van der Waals surface area contributed by atoms with E-state index in [0.717, 1.165) is 12.1 Å². The Kier molecular flexibility index (Phi) is 9.97. The summed E-state index contributed by atoms with van der Waals surface area (Å²) in [6.45, 7) is 4.88. The van der Waals surface area contributed by atoms with Crippen molar-refractivity contribution in [2.24, 2.45) is 5.92 Å². The standard InChI is InChI=1S/C29H32F3N3O4S/c1-21(2)18-33-28(37)22(3)34(19-23-11-6-4-7-12-23)27(36)20-35(40(38,39)26-15-8-5-9-16-26)25-14-10-13-24(17-25)29(30,31)32/h4-17,21-22H,18-20H2,1-3H3,(H,33,37)/t22-/m0/s1. The third kappa shape index (κ3) is 7.84. The van der Waals surface area contributed by atoms with Gasteiger partial charge in [-0.15, -0.1) is 0 Å². The molecule has 11 heteroatoms. The topological polar surface area (TPSA) is 86.8 Å². The number of benzene rings is 3. The van der Waals surface area contributed by atoms with Crippen LogP contribution in [0.15, 0.2) is 89.8 Å². The molecule has 0 spiro atoms. The van der Waals surface area contributed by atoms with Crippen LogP contribution >= 0.6 is 0 Å². The fourth-order valence-electron chi connectivity index (χ4n) is 3.90. The Labute approximate surface area is 232 Å². The Hall–Kier alpha value is -3.86. The quantitative estimate of drug-likeness (QED) is 0.345. The van der Waals surface area contributed by atoms with Crippen LogP contribution in [0.1, 0.15) is 31.9 Å². The molecule has 3 aromatic carbocycles. The van der Waals surface area contributed by atoms with Gasteiger partial charge in [-0.25, -0.2) is 8.42 Å². The van der Waals surface area contributed by atoms with Crippen LogP contribution in [0.4, 0.5) is 18.9 Å². The average Bonchev–Trinajstić information content (AvgIpc) is 2.93. The van der Waals surface area contributed by atoms with Crippen molar-refractivity contribution in [2.45, 2.75) is 44.4 Å². The third-order valence-corrected chi connectivity index (χ3v) is 7.91. The van der Waals surface area contributed by atoms with Gasteiger partial charge in [0.25, 0.3) is 10.0 Å². The second kappa shape index (κ2) is 13.0. The van der Waals surface area contributed by atoms with E-state index in [9.17, 15) is 31.2 Å². The molecule has 0 saturated heterocycles. The van der Waals surface area contributed by atoms with Gasteiger partial charge in [0.05, 0.1) is 16.1 Å². The van der Waals surface area contributed by atoms with Crippen LogP contribution in [0, 0.1) is 5.92 Å². The van der Waals surface area contributed by atoms with Gasteiger partial charge in [-0.1, -0.05) is 68.4 Å². The van der Waals surface area contributed by atoms with E-state index in [-0.39, 0.29) is 23.0 Å². The summed E-state index contributed by atoms with van der Waals surface area (Å²) in [5.41, 5.74) is -0.701. The van der Waals surface area contributed by atoms with Crippen molar-refractivity contribution >= 4 is 27.5 Å². The molecule has 0 aliphatic carbocycles. The first kappa shape index (κ1) is 30.7. The van der Waals surface area contributed by atoms with Gasteiger partial charge >= 0.3 is 6.18 Å². The Morgan fingerprint density at radius 2 is 1.48 bits per heavy atom. The molecule has 0 bridgehead atoms. The van der Waals surface area contributed by atoms with Crippen LogP contribution in [0.25, 0.3) is 0 Å². The van der Waals surface area contributed by atoms with Crippen molar-refractivity contribution < 1.29 is 31.2 Å². The predicted octanol–water partition coefficient (Wildman–Crippen LogP) is 5.09. The maximum atomic E-state index is 13.8. The first-order valence-electron chi connectivity index (χ1n) is 12.7. The number of alkyl halides is 3. The Morgan fingerprint density at radius 3 is 2.05 bits per heavy atom. The second-order valence-corrected chi connectivity index (χ2v) is 11.6. The van der Waals surface area contributed by atoms with Crippen LogP contribution in [-0.2, 0) is 32.3 Å². The first-order valence-corrected chi connectivity index (χ1v) is 14.1. The lowest BCUT2D eigenvalue weighted by molar-refractivity contribution is -0.139. The van der Waals surface area contributed by atoms with Crippen LogP contribution < -0.4 is 9.62 Å². The average molecular weight is 576 g/mol. The van der Waals surface area contributed by atoms with Gasteiger partial charge in [-0.3, -0.25) is 13.9 Å². The molecule has 1 atom stereocenters. The summed E-state index contributed by atoms with van der Waals surface area (Å²) in [5.74, 6) is -1.04. The molecule has 1 N–H and O–H groups in total. The number of nitrogens with one attached hydrogen (secondary N) is 1. The first-order chi connectivity index (χ1) is 18.8. The van der Waals surface area contributed by atoms with Crippen molar-refractivity contribution in [3.8, 4) is 0 Å². The maximum Gasteiger partial charge on any atom is 0.416 e. The van der Waals surface area contributed by atoms with E-state index in [1.54, 1.807) is 36.4 Å². The predicted molar refractivity (Wildman–Crippen MR) is 147 cm³/mol. The highest BCUT2D eigenvalue weighted by Gasteiger charge is 2.35. The van der Waals surface area contributed by atoms with E-state index >= 15 is 0 Å². The lowest BCUT2D eigenvalue weighted by Crippen LogP contribution is -2.51. The Morgan fingerprint density at radius 1 is 0.875 bits per heavy atom. The van der Waals surface area contributed by atoms with Gasteiger partial charge in [-0.05, 0) is 48.7 Å². The minimum Gasteiger partial charge on any atom is -0.354 e. The molecule has 0 aliphatic heterocycles. The van der Waals surface area contributed by atoms with Crippen LogP contribution in [0.2, 0.25) is 0 Å². The molecule has 0 aliphatic rings. The fraction of sp³-hybridized carbons (Fsp3) is 0.310. The van der Waals surface area contributed by atoms with E-state index in [0.29, 0.717) is 22.5 Å². The van der Waals surface area contributed by atoms with Gasteiger partial charge in [0.1, 0.15) is 12.6 Å². The lowest BCUT2D eigenvalue weighted by atomic mass is 10.1. The molecular weight excluding hydrogens is 543 g/mol. The smallest absolute Gasteiger partial charge is 0.354 e. The SMILES string of the molecule is CC(C)CNC(=O)[C@H](C)N(Cc1ccccc1)C(=O)CN(c1cccc(C(F)(F)F)c1)S(=O)(=O)c1ccccc1. The van der Waals surface area contributed by atoms with E-state index in [4.69, 9.17) is 0 Å². The monoisotopic (exact) mass is 575 g/mol. The molecule has 2 amide bonds. The van der Waals surface area contributed by atoms with Crippen LogP contribution in [0.3, 0.4) is 0 Å². The molecule has 0 fully saturated rings. The van der Waals surface area contributed by atoms with Crippen molar-refractivity contribution in [2.75, 3.05) is 17.4 Å². The number of sulfonamides is 1. The van der Waals surface area contributed by atoms with Crippen molar-refractivity contribution in [1.29, 1.82) is 0 Å². The van der Waals surface area contributed by atoms with Crippen molar-refractivity contribution in [1.82, 2.24) is 10.2 Å². The van der Waals surface area contributed by atoms with Crippen molar-refractivity contribution in [3.05, 3.63) is 96.1 Å². The molecule has 0 radical (unpaired) electrons. The number of hydrogen-bond acceptors (Lipinski definition) is 4. The highest BCUT2D eigenvalue weighted by atomic mass is 32.2. The summed E-state index contributed by atoms with van der Waals surface area (Å²) in [5, 5.41) is 2.78. The van der Waals surface area contributed by atoms with E-state index in [1.165, 1.54) is 42.2 Å². The number of rotatable bonds is 11.